The molecule has 0 spiro atoms. The SMILES string of the molecule is COC(=O)C(=O)[C@@H]1[C@@H](c2ccccc2)[C@@]1(Cc1ccccc1)C(=O)OC(C)(C)C. The Morgan fingerprint density at radius 1 is 0.931 bits per heavy atom. The first-order chi connectivity index (χ1) is 13.7. The minimum atomic E-state index is -1.15. The van der Waals surface area contributed by atoms with E-state index >= 15 is 0 Å². The third-order valence-electron chi connectivity index (χ3n) is 5.28. The Labute approximate surface area is 171 Å². The summed E-state index contributed by atoms with van der Waals surface area (Å²) in [5, 5.41) is 0. The lowest BCUT2D eigenvalue weighted by Gasteiger charge is -2.25. The lowest BCUT2D eigenvalue weighted by Crippen LogP contribution is -2.34. The third-order valence-corrected chi connectivity index (χ3v) is 5.28. The molecule has 0 aliphatic heterocycles. The normalized spacial score (nSPS) is 23.2. The molecule has 5 heteroatoms. The Kier molecular flexibility index (Phi) is 5.60. The number of benzene rings is 2. The Bertz CT molecular complexity index is 898. The maximum atomic E-state index is 13.4. The van der Waals surface area contributed by atoms with Crippen LogP contribution in [0, 0.1) is 11.3 Å². The molecule has 0 aromatic heterocycles. The van der Waals surface area contributed by atoms with E-state index in [0.29, 0.717) is 6.42 Å². The molecule has 2 aromatic rings. The highest BCUT2D eigenvalue weighted by Crippen LogP contribution is 2.67. The van der Waals surface area contributed by atoms with Gasteiger partial charge in [-0.25, -0.2) is 4.79 Å². The predicted octanol–water partition coefficient (Wildman–Crippen LogP) is 3.71. The summed E-state index contributed by atoms with van der Waals surface area (Å²) in [6, 6.07) is 18.8. The first-order valence-electron chi connectivity index (χ1n) is 9.65. The van der Waals surface area contributed by atoms with Gasteiger partial charge >= 0.3 is 11.9 Å². The van der Waals surface area contributed by atoms with Crippen molar-refractivity contribution in [2.75, 3.05) is 7.11 Å². The molecule has 1 fully saturated rings. The van der Waals surface area contributed by atoms with Crippen molar-refractivity contribution in [2.45, 2.75) is 38.7 Å². The third kappa shape index (κ3) is 4.09. The van der Waals surface area contributed by atoms with Crippen LogP contribution in [-0.2, 0) is 30.3 Å². The summed E-state index contributed by atoms with van der Waals surface area (Å²) in [7, 11) is 1.17. The predicted molar refractivity (Wildman–Crippen MR) is 108 cm³/mol. The molecule has 152 valence electrons. The van der Waals surface area contributed by atoms with Gasteiger partial charge < -0.3 is 9.47 Å². The molecule has 1 saturated carbocycles. The molecule has 0 N–H and O–H groups in total. The number of Topliss-reactive ketones (excluding diaryl/α,β-unsaturated/α-hetero) is 1. The average Bonchev–Trinajstić information content (AvgIpc) is 3.36. The smallest absolute Gasteiger partial charge is 0.374 e. The maximum Gasteiger partial charge on any atom is 0.374 e. The van der Waals surface area contributed by atoms with Crippen LogP contribution in [-0.4, -0.2) is 30.4 Å². The zero-order chi connectivity index (χ0) is 21.2. The summed E-state index contributed by atoms with van der Waals surface area (Å²) in [5.41, 5.74) is -0.138. The molecule has 1 aliphatic rings. The number of ketones is 1. The number of rotatable bonds is 6. The second-order valence-electron chi connectivity index (χ2n) is 8.43. The first-order valence-corrected chi connectivity index (χ1v) is 9.65. The summed E-state index contributed by atoms with van der Waals surface area (Å²) < 4.78 is 10.4. The van der Waals surface area contributed by atoms with Gasteiger partial charge in [0.1, 0.15) is 5.60 Å². The Morgan fingerprint density at radius 2 is 1.48 bits per heavy atom. The quantitative estimate of drug-likeness (QED) is 0.552. The van der Waals surface area contributed by atoms with Gasteiger partial charge in [0.2, 0.25) is 5.78 Å². The van der Waals surface area contributed by atoms with Gasteiger partial charge in [0.05, 0.1) is 18.4 Å². The number of carbonyl (C=O) groups is 3. The maximum absolute atomic E-state index is 13.4. The number of carbonyl (C=O) groups excluding carboxylic acids is 3. The van der Waals surface area contributed by atoms with Crippen LogP contribution in [0.5, 0.6) is 0 Å². The molecule has 2 aromatic carbocycles. The van der Waals surface area contributed by atoms with E-state index in [1.165, 1.54) is 7.11 Å². The molecule has 5 nitrogen and oxygen atoms in total. The largest absolute Gasteiger partial charge is 0.463 e. The lowest BCUT2D eigenvalue weighted by atomic mass is 9.89. The van der Waals surface area contributed by atoms with Crippen LogP contribution in [0.15, 0.2) is 60.7 Å². The number of hydrogen-bond acceptors (Lipinski definition) is 5. The molecule has 0 radical (unpaired) electrons. The van der Waals surface area contributed by atoms with Crippen molar-refractivity contribution in [1.82, 2.24) is 0 Å². The highest BCUT2D eigenvalue weighted by Gasteiger charge is 2.74. The van der Waals surface area contributed by atoms with Crippen LogP contribution in [0.25, 0.3) is 0 Å². The number of esters is 2. The van der Waals surface area contributed by atoms with Crippen LogP contribution in [0.4, 0.5) is 0 Å². The van der Waals surface area contributed by atoms with Crippen molar-refractivity contribution in [2.24, 2.45) is 11.3 Å². The Morgan fingerprint density at radius 3 is 2.00 bits per heavy atom. The minimum Gasteiger partial charge on any atom is -0.463 e. The summed E-state index contributed by atoms with van der Waals surface area (Å²) in [5.74, 6) is -3.37. The fourth-order valence-electron chi connectivity index (χ4n) is 4.06. The molecule has 0 unspecified atom stereocenters. The zero-order valence-electron chi connectivity index (χ0n) is 17.2. The van der Waals surface area contributed by atoms with Crippen molar-refractivity contribution >= 4 is 17.7 Å². The molecule has 3 atom stereocenters. The van der Waals surface area contributed by atoms with Gasteiger partial charge in [0.15, 0.2) is 0 Å². The molecule has 1 aliphatic carbocycles. The monoisotopic (exact) mass is 394 g/mol. The van der Waals surface area contributed by atoms with Crippen molar-refractivity contribution in [3.05, 3.63) is 71.8 Å². The molecule has 0 saturated heterocycles. The molecular weight excluding hydrogens is 368 g/mol. The summed E-state index contributed by atoms with van der Waals surface area (Å²) in [6.45, 7) is 5.37. The highest BCUT2D eigenvalue weighted by molar-refractivity contribution is 6.36. The summed E-state index contributed by atoms with van der Waals surface area (Å²) in [6.07, 6.45) is 0.301. The second kappa shape index (κ2) is 7.82. The van der Waals surface area contributed by atoms with Crippen molar-refractivity contribution in [3.63, 3.8) is 0 Å². The first kappa shape index (κ1) is 20.8. The molecule has 0 heterocycles. The molecular formula is C24H26O5. The van der Waals surface area contributed by atoms with Gasteiger partial charge in [-0.3, -0.25) is 9.59 Å². The van der Waals surface area contributed by atoms with Crippen molar-refractivity contribution in [3.8, 4) is 0 Å². The van der Waals surface area contributed by atoms with Crippen LogP contribution in [0.1, 0.15) is 37.8 Å². The van der Waals surface area contributed by atoms with E-state index in [9.17, 15) is 14.4 Å². The summed E-state index contributed by atoms with van der Waals surface area (Å²) >= 11 is 0. The standard InChI is InChI=1S/C24H26O5/c1-23(2,3)29-22(27)24(15-16-11-7-5-8-12-16)18(17-13-9-6-10-14-17)19(24)20(25)21(26)28-4/h5-14,18-19H,15H2,1-4H3/t18-,19+,24-/m1/s1. The fourth-order valence-corrected chi connectivity index (χ4v) is 4.06. The van der Waals surface area contributed by atoms with Crippen molar-refractivity contribution in [1.29, 1.82) is 0 Å². The van der Waals surface area contributed by atoms with E-state index in [0.717, 1.165) is 11.1 Å². The van der Waals surface area contributed by atoms with E-state index in [1.54, 1.807) is 20.8 Å². The minimum absolute atomic E-state index is 0.301. The fraction of sp³-hybridized carbons (Fsp3) is 0.375. The molecule has 0 amide bonds. The van der Waals surface area contributed by atoms with Gasteiger partial charge in [-0.1, -0.05) is 60.7 Å². The van der Waals surface area contributed by atoms with Gasteiger partial charge in [-0.15, -0.1) is 0 Å². The van der Waals surface area contributed by atoms with E-state index < -0.39 is 40.6 Å². The lowest BCUT2D eigenvalue weighted by molar-refractivity contribution is -0.164. The number of methoxy groups -OCH3 is 1. The Hall–Kier alpha value is -2.95. The van der Waals surface area contributed by atoms with Crippen LogP contribution >= 0.6 is 0 Å². The molecule has 3 rings (SSSR count). The topological polar surface area (TPSA) is 69.7 Å². The van der Waals surface area contributed by atoms with E-state index in [-0.39, 0.29) is 0 Å². The van der Waals surface area contributed by atoms with E-state index in [1.807, 2.05) is 60.7 Å². The molecule has 0 bridgehead atoms. The van der Waals surface area contributed by atoms with Gasteiger partial charge in [-0.05, 0) is 38.3 Å². The highest BCUT2D eigenvalue weighted by atomic mass is 16.6. The van der Waals surface area contributed by atoms with Crippen LogP contribution in [0.2, 0.25) is 0 Å². The second-order valence-corrected chi connectivity index (χ2v) is 8.43. The van der Waals surface area contributed by atoms with Crippen LogP contribution in [0.3, 0.4) is 0 Å². The Balaban J connectivity index is 2.10. The van der Waals surface area contributed by atoms with E-state index in [4.69, 9.17) is 4.74 Å². The average molecular weight is 394 g/mol. The zero-order valence-corrected chi connectivity index (χ0v) is 17.2. The van der Waals surface area contributed by atoms with Gasteiger partial charge in [0, 0.05) is 5.92 Å². The number of ether oxygens (including phenoxy) is 2. The molecule has 29 heavy (non-hydrogen) atoms. The number of hydrogen-bond donors (Lipinski definition) is 0. The van der Waals surface area contributed by atoms with Crippen molar-refractivity contribution < 1.29 is 23.9 Å². The van der Waals surface area contributed by atoms with Gasteiger partial charge in [0.25, 0.3) is 0 Å². The van der Waals surface area contributed by atoms with Gasteiger partial charge in [-0.2, -0.15) is 0 Å². The van der Waals surface area contributed by atoms with E-state index in [2.05, 4.69) is 4.74 Å². The summed E-state index contributed by atoms with van der Waals surface area (Å²) in [4.78, 5) is 38.4. The van der Waals surface area contributed by atoms with Crippen LogP contribution < -0.4 is 0 Å².